The van der Waals surface area contributed by atoms with Crippen molar-refractivity contribution in [2.45, 2.75) is 26.4 Å². The summed E-state index contributed by atoms with van der Waals surface area (Å²) in [6, 6.07) is 30.5. The van der Waals surface area contributed by atoms with Crippen molar-refractivity contribution < 1.29 is 23.7 Å². The molecule has 0 fully saturated rings. The molecule has 0 saturated carbocycles. The summed E-state index contributed by atoms with van der Waals surface area (Å²) in [4.78, 5) is 12.5. The van der Waals surface area contributed by atoms with E-state index in [-0.39, 0.29) is 18.2 Å². The van der Waals surface area contributed by atoms with Crippen LogP contribution >= 0.6 is 0 Å². The lowest BCUT2D eigenvalue weighted by molar-refractivity contribution is -0.136. The molecule has 0 aliphatic carbocycles. The van der Waals surface area contributed by atoms with E-state index in [0.29, 0.717) is 29.4 Å². The molecule has 4 aromatic carbocycles. The Morgan fingerprint density at radius 3 is 2.30 bits per heavy atom. The maximum Gasteiger partial charge on any atom is 0.349 e. The molecule has 1 aliphatic rings. The summed E-state index contributed by atoms with van der Waals surface area (Å²) >= 11 is 0. The van der Waals surface area contributed by atoms with Crippen LogP contribution in [0, 0.1) is 25.2 Å². The molecular formula is C33H28N2O5. The third kappa shape index (κ3) is 5.77. The number of benzene rings is 4. The lowest BCUT2D eigenvalue weighted by Crippen LogP contribution is -2.22. The van der Waals surface area contributed by atoms with Crippen LogP contribution in [-0.4, -0.2) is 12.6 Å². The van der Waals surface area contributed by atoms with Gasteiger partial charge in [-0.1, -0.05) is 66.7 Å². The van der Waals surface area contributed by atoms with Crippen LogP contribution in [0.5, 0.6) is 23.0 Å². The predicted octanol–water partition coefficient (Wildman–Crippen LogP) is 6.09. The van der Waals surface area contributed by atoms with Gasteiger partial charge < -0.3 is 24.7 Å². The fraction of sp³-hybridized carbons (Fsp3) is 0.152. The summed E-state index contributed by atoms with van der Waals surface area (Å²) in [6.45, 7) is 4.05. The van der Waals surface area contributed by atoms with Gasteiger partial charge in [-0.15, -0.1) is 0 Å². The Bertz CT molecular complexity index is 1580. The minimum absolute atomic E-state index is 0.00578. The minimum atomic E-state index is -0.553. The number of ether oxygens (including phenoxy) is 4. The first-order valence-electron chi connectivity index (χ1n) is 12.8. The van der Waals surface area contributed by atoms with E-state index in [2.05, 4.69) is 6.07 Å². The zero-order chi connectivity index (χ0) is 28.1. The highest BCUT2D eigenvalue weighted by Crippen LogP contribution is 2.43. The highest BCUT2D eigenvalue weighted by atomic mass is 16.6. The molecule has 0 radical (unpaired) electrons. The highest BCUT2D eigenvalue weighted by Gasteiger charge is 2.31. The molecule has 4 aromatic rings. The topological polar surface area (TPSA) is 104 Å². The van der Waals surface area contributed by atoms with Crippen LogP contribution in [0.25, 0.3) is 0 Å². The average molecular weight is 533 g/mol. The van der Waals surface area contributed by atoms with E-state index < -0.39 is 11.9 Å². The molecule has 2 N–H and O–H groups in total. The van der Waals surface area contributed by atoms with Gasteiger partial charge in [0.05, 0.1) is 5.92 Å². The SMILES string of the molecule is Cc1cccc(C)c1OCC(=O)Oc1ccc2c(c1)OC(N)=C(C#N)C2c1ccc(OCc2ccccc2)cc1. The van der Waals surface area contributed by atoms with Crippen molar-refractivity contribution in [3.8, 4) is 29.1 Å². The number of para-hydroxylation sites is 1. The maximum absolute atomic E-state index is 12.5. The third-order valence-corrected chi connectivity index (χ3v) is 6.63. The van der Waals surface area contributed by atoms with E-state index >= 15 is 0 Å². The van der Waals surface area contributed by atoms with E-state index in [1.54, 1.807) is 18.2 Å². The number of carbonyl (C=O) groups is 1. The van der Waals surface area contributed by atoms with Gasteiger partial charge in [-0.25, -0.2) is 4.79 Å². The van der Waals surface area contributed by atoms with Crippen LogP contribution in [0.4, 0.5) is 0 Å². The summed E-state index contributed by atoms with van der Waals surface area (Å²) in [5, 5.41) is 9.87. The molecule has 1 unspecified atom stereocenters. The van der Waals surface area contributed by atoms with E-state index in [1.165, 1.54) is 0 Å². The largest absolute Gasteiger partial charge is 0.489 e. The molecule has 1 aliphatic heterocycles. The Labute approximate surface area is 233 Å². The first kappa shape index (κ1) is 26.4. The van der Waals surface area contributed by atoms with Gasteiger partial charge in [0, 0.05) is 11.6 Å². The maximum atomic E-state index is 12.5. The van der Waals surface area contributed by atoms with Gasteiger partial charge in [-0.2, -0.15) is 5.26 Å². The van der Waals surface area contributed by atoms with Gasteiger partial charge >= 0.3 is 5.97 Å². The molecule has 7 nitrogen and oxygen atoms in total. The second-order valence-corrected chi connectivity index (χ2v) is 9.45. The summed E-state index contributed by atoms with van der Waals surface area (Å²) < 4.78 is 22.9. The van der Waals surface area contributed by atoms with Gasteiger partial charge in [0.25, 0.3) is 0 Å². The number of nitrogens with zero attached hydrogens (tertiary/aromatic N) is 1. The van der Waals surface area contributed by atoms with Crippen molar-refractivity contribution in [2.24, 2.45) is 5.73 Å². The number of rotatable bonds is 8. The third-order valence-electron chi connectivity index (χ3n) is 6.63. The minimum Gasteiger partial charge on any atom is -0.489 e. The number of nitriles is 1. The Morgan fingerprint density at radius 1 is 0.900 bits per heavy atom. The molecular weight excluding hydrogens is 504 g/mol. The molecule has 1 atom stereocenters. The number of hydrogen-bond donors (Lipinski definition) is 1. The highest BCUT2D eigenvalue weighted by molar-refractivity contribution is 5.74. The number of nitrogens with two attached hydrogens (primary N) is 1. The fourth-order valence-corrected chi connectivity index (χ4v) is 4.66. The number of aryl methyl sites for hydroxylation is 2. The lowest BCUT2D eigenvalue weighted by atomic mass is 9.83. The first-order chi connectivity index (χ1) is 19.4. The Morgan fingerprint density at radius 2 is 1.60 bits per heavy atom. The zero-order valence-electron chi connectivity index (χ0n) is 22.2. The summed E-state index contributed by atoms with van der Waals surface area (Å²) in [6.07, 6.45) is 0. The van der Waals surface area contributed by atoms with Crippen LogP contribution in [0.1, 0.15) is 33.7 Å². The summed E-state index contributed by atoms with van der Waals surface area (Å²) in [5.41, 5.74) is 11.0. The standard InChI is InChI=1S/C33H28N2O5/c1-21-7-6-8-22(2)32(21)38-20-30(36)39-26-15-16-27-29(17-26)40-33(35)28(18-34)31(27)24-11-13-25(14-12-24)37-19-23-9-4-3-5-10-23/h3-17,31H,19-20,35H2,1-2H3. The molecule has 7 heteroatoms. The number of allylic oxidation sites excluding steroid dienone is 1. The van der Waals surface area contributed by atoms with E-state index in [9.17, 15) is 10.1 Å². The summed E-state index contributed by atoms with van der Waals surface area (Å²) in [7, 11) is 0. The molecule has 1 heterocycles. The van der Waals surface area contributed by atoms with Crippen molar-refractivity contribution in [3.05, 3.63) is 130 Å². The van der Waals surface area contributed by atoms with Gasteiger partial charge in [0.15, 0.2) is 6.61 Å². The molecule has 0 spiro atoms. The average Bonchev–Trinajstić information content (AvgIpc) is 2.96. The van der Waals surface area contributed by atoms with Crippen molar-refractivity contribution in [2.75, 3.05) is 6.61 Å². The van der Waals surface area contributed by atoms with Gasteiger partial charge in [-0.3, -0.25) is 0 Å². The van der Waals surface area contributed by atoms with Crippen LogP contribution in [0.2, 0.25) is 0 Å². The Balaban J connectivity index is 1.31. The number of fused-ring (bicyclic) bond motifs is 1. The number of hydrogen-bond acceptors (Lipinski definition) is 7. The van der Waals surface area contributed by atoms with E-state index in [1.807, 2.05) is 86.6 Å². The monoisotopic (exact) mass is 532 g/mol. The molecule has 0 aromatic heterocycles. The summed E-state index contributed by atoms with van der Waals surface area (Å²) in [5.74, 6) is 1.06. The van der Waals surface area contributed by atoms with Crippen LogP contribution in [-0.2, 0) is 11.4 Å². The van der Waals surface area contributed by atoms with Crippen LogP contribution in [0.15, 0.2) is 102 Å². The van der Waals surface area contributed by atoms with Crippen molar-refractivity contribution in [3.63, 3.8) is 0 Å². The molecule has 5 rings (SSSR count). The van der Waals surface area contributed by atoms with Crippen LogP contribution < -0.4 is 24.7 Å². The number of carbonyl (C=O) groups excluding carboxylic acids is 1. The quantitative estimate of drug-likeness (QED) is 0.216. The zero-order valence-corrected chi connectivity index (χ0v) is 22.2. The molecule has 40 heavy (non-hydrogen) atoms. The van der Waals surface area contributed by atoms with E-state index in [4.69, 9.17) is 24.7 Å². The van der Waals surface area contributed by atoms with Crippen molar-refractivity contribution >= 4 is 5.97 Å². The molecule has 0 amide bonds. The van der Waals surface area contributed by atoms with Gasteiger partial charge in [-0.05, 0) is 54.3 Å². The van der Waals surface area contributed by atoms with Crippen molar-refractivity contribution in [1.29, 1.82) is 5.26 Å². The van der Waals surface area contributed by atoms with Crippen molar-refractivity contribution in [1.82, 2.24) is 0 Å². The van der Waals surface area contributed by atoms with Gasteiger partial charge in [0.1, 0.15) is 41.2 Å². The second kappa shape index (κ2) is 11.7. The fourth-order valence-electron chi connectivity index (χ4n) is 4.66. The second-order valence-electron chi connectivity index (χ2n) is 9.45. The smallest absolute Gasteiger partial charge is 0.349 e. The Hall–Kier alpha value is -5.22. The molecule has 0 bridgehead atoms. The van der Waals surface area contributed by atoms with E-state index in [0.717, 1.165) is 27.8 Å². The number of esters is 1. The normalized spacial score (nSPS) is 14.0. The predicted molar refractivity (Wildman–Crippen MR) is 150 cm³/mol. The lowest BCUT2D eigenvalue weighted by Gasteiger charge is -2.26. The Kier molecular flexibility index (Phi) is 7.70. The molecule has 0 saturated heterocycles. The van der Waals surface area contributed by atoms with Crippen LogP contribution in [0.3, 0.4) is 0 Å². The van der Waals surface area contributed by atoms with Gasteiger partial charge in [0.2, 0.25) is 5.88 Å². The molecule has 200 valence electrons. The first-order valence-corrected chi connectivity index (χ1v) is 12.8.